The van der Waals surface area contributed by atoms with E-state index in [1.807, 2.05) is 37.3 Å². The lowest BCUT2D eigenvalue weighted by Crippen LogP contribution is -2.39. The molecule has 0 aliphatic rings. The first-order valence-corrected chi connectivity index (χ1v) is 6.61. The van der Waals surface area contributed by atoms with Crippen molar-refractivity contribution in [1.82, 2.24) is 5.32 Å². The molecule has 0 heterocycles. The number of thiocarbonyl (C=S) groups is 1. The predicted octanol–water partition coefficient (Wildman–Crippen LogP) is 2.57. The van der Waals surface area contributed by atoms with Gasteiger partial charge in [-0.1, -0.05) is 62.8 Å². The molecule has 0 saturated carbocycles. The van der Waals surface area contributed by atoms with Gasteiger partial charge in [0.05, 0.1) is 0 Å². The van der Waals surface area contributed by atoms with Crippen LogP contribution in [0.4, 0.5) is 0 Å². The third-order valence-electron chi connectivity index (χ3n) is 2.87. The molecule has 0 aromatic heterocycles. The molecule has 1 aromatic carbocycles. The molecule has 1 rings (SSSR count). The molecule has 0 bridgehead atoms. The second-order valence-electron chi connectivity index (χ2n) is 4.44. The molecule has 2 unspecified atom stereocenters. The largest absolute Gasteiger partial charge is 0.391 e. The topological polar surface area (TPSA) is 55.1 Å². The lowest BCUT2D eigenvalue weighted by molar-refractivity contribution is -0.125. The summed E-state index contributed by atoms with van der Waals surface area (Å²) in [7, 11) is 0. The van der Waals surface area contributed by atoms with Crippen molar-refractivity contribution in [2.24, 2.45) is 11.7 Å². The van der Waals surface area contributed by atoms with Gasteiger partial charge < -0.3 is 11.1 Å². The zero-order chi connectivity index (χ0) is 13.5. The highest BCUT2D eigenvalue weighted by Crippen LogP contribution is 2.15. The van der Waals surface area contributed by atoms with Crippen LogP contribution in [0.1, 0.15) is 38.3 Å². The second kappa shape index (κ2) is 7.11. The van der Waals surface area contributed by atoms with E-state index < -0.39 is 0 Å². The van der Waals surface area contributed by atoms with Gasteiger partial charge in [-0.05, 0) is 12.0 Å². The molecule has 18 heavy (non-hydrogen) atoms. The first kappa shape index (κ1) is 14.6. The van der Waals surface area contributed by atoms with E-state index in [1.54, 1.807) is 0 Å². The number of benzene rings is 1. The first-order valence-electron chi connectivity index (χ1n) is 6.21. The van der Waals surface area contributed by atoms with Crippen LogP contribution >= 0.6 is 12.2 Å². The van der Waals surface area contributed by atoms with Crippen molar-refractivity contribution >= 4 is 23.1 Å². The number of nitrogens with two attached hydrogens (primary N) is 1. The zero-order valence-electron chi connectivity index (χ0n) is 10.8. The van der Waals surface area contributed by atoms with Crippen molar-refractivity contribution in [2.45, 2.75) is 32.7 Å². The van der Waals surface area contributed by atoms with Crippen LogP contribution in [0.25, 0.3) is 0 Å². The molecule has 0 saturated heterocycles. The van der Waals surface area contributed by atoms with Crippen LogP contribution in [0.15, 0.2) is 30.3 Å². The highest BCUT2D eigenvalue weighted by Gasteiger charge is 2.20. The Bertz CT molecular complexity index is 406. The van der Waals surface area contributed by atoms with Crippen molar-refractivity contribution in [3.8, 4) is 0 Å². The number of hydrogen-bond donors (Lipinski definition) is 2. The van der Waals surface area contributed by atoms with Gasteiger partial charge in [0.15, 0.2) is 0 Å². The molecule has 1 amide bonds. The Morgan fingerprint density at radius 3 is 2.50 bits per heavy atom. The van der Waals surface area contributed by atoms with E-state index in [2.05, 4.69) is 12.2 Å². The number of carbonyl (C=O) groups is 1. The summed E-state index contributed by atoms with van der Waals surface area (Å²) in [4.78, 5) is 12.3. The Morgan fingerprint density at radius 2 is 2.00 bits per heavy atom. The van der Waals surface area contributed by atoms with Gasteiger partial charge in [0.25, 0.3) is 0 Å². The third kappa shape index (κ3) is 4.11. The summed E-state index contributed by atoms with van der Waals surface area (Å²) in [6.45, 7) is 3.98. The molecule has 98 valence electrons. The molecule has 0 spiro atoms. The fourth-order valence-electron chi connectivity index (χ4n) is 1.81. The zero-order valence-corrected chi connectivity index (χ0v) is 11.7. The summed E-state index contributed by atoms with van der Waals surface area (Å²) >= 11 is 5.03. The van der Waals surface area contributed by atoms with Gasteiger partial charge >= 0.3 is 0 Å². The molecule has 3 N–H and O–H groups in total. The van der Waals surface area contributed by atoms with Crippen LogP contribution in [0.5, 0.6) is 0 Å². The van der Waals surface area contributed by atoms with E-state index in [-0.39, 0.29) is 17.9 Å². The fraction of sp³-hybridized carbons (Fsp3) is 0.429. The predicted molar refractivity (Wildman–Crippen MR) is 78.2 cm³/mol. The minimum absolute atomic E-state index is 0.00139. The van der Waals surface area contributed by atoms with Gasteiger partial charge in [-0.2, -0.15) is 0 Å². The number of carbonyl (C=O) groups excluding carboxylic acids is 1. The quantitative estimate of drug-likeness (QED) is 0.776. The van der Waals surface area contributed by atoms with Crippen LogP contribution < -0.4 is 11.1 Å². The summed E-state index contributed by atoms with van der Waals surface area (Å²) < 4.78 is 0. The average molecular weight is 264 g/mol. The number of nitrogens with one attached hydrogen (secondary N) is 1. The van der Waals surface area contributed by atoms with E-state index in [9.17, 15) is 4.79 Å². The van der Waals surface area contributed by atoms with Gasteiger partial charge in [0, 0.05) is 5.92 Å². The molecular formula is C14H20N2OS. The van der Waals surface area contributed by atoms with Gasteiger partial charge in [-0.3, -0.25) is 4.79 Å². The summed E-state index contributed by atoms with van der Waals surface area (Å²) in [6.07, 6.45) is 1.85. The van der Waals surface area contributed by atoms with Crippen LogP contribution in [-0.4, -0.2) is 10.9 Å². The Kier molecular flexibility index (Phi) is 5.78. The number of hydrogen-bond acceptors (Lipinski definition) is 2. The maximum Gasteiger partial charge on any atom is 0.223 e. The summed E-state index contributed by atoms with van der Waals surface area (Å²) in [5.41, 5.74) is 6.63. The van der Waals surface area contributed by atoms with Crippen molar-refractivity contribution in [1.29, 1.82) is 0 Å². The SMILES string of the molecule is CCCC(C)C(=O)NC(C(N)=S)c1ccccc1. The monoisotopic (exact) mass is 264 g/mol. The maximum absolute atomic E-state index is 12.0. The molecular weight excluding hydrogens is 244 g/mol. The normalized spacial score (nSPS) is 13.7. The summed E-state index contributed by atoms with van der Waals surface area (Å²) in [5, 5.41) is 2.91. The van der Waals surface area contributed by atoms with Crippen molar-refractivity contribution in [3.05, 3.63) is 35.9 Å². The van der Waals surface area contributed by atoms with Gasteiger partial charge in [-0.25, -0.2) is 0 Å². The van der Waals surface area contributed by atoms with Crippen LogP contribution in [0.3, 0.4) is 0 Å². The van der Waals surface area contributed by atoms with Gasteiger partial charge in [0.2, 0.25) is 5.91 Å². The maximum atomic E-state index is 12.0. The average Bonchev–Trinajstić information content (AvgIpc) is 2.36. The molecule has 3 nitrogen and oxygen atoms in total. The second-order valence-corrected chi connectivity index (χ2v) is 4.92. The Morgan fingerprint density at radius 1 is 1.39 bits per heavy atom. The Labute approximate surface area is 114 Å². The molecule has 2 atom stereocenters. The smallest absolute Gasteiger partial charge is 0.223 e. The van der Waals surface area contributed by atoms with Crippen LogP contribution in [0, 0.1) is 5.92 Å². The minimum atomic E-state index is -0.381. The minimum Gasteiger partial charge on any atom is -0.391 e. The summed E-state index contributed by atoms with van der Waals surface area (Å²) in [5.74, 6) is -0.0194. The van der Waals surface area contributed by atoms with Crippen LogP contribution in [0.2, 0.25) is 0 Å². The lowest BCUT2D eigenvalue weighted by atomic mass is 10.0. The highest BCUT2D eigenvalue weighted by atomic mass is 32.1. The molecule has 0 radical (unpaired) electrons. The Balaban J connectivity index is 2.76. The number of amides is 1. The molecule has 0 aliphatic carbocycles. The van der Waals surface area contributed by atoms with E-state index in [1.165, 1.54) is 0 Å². The van der Waals surface area contributed by atoms with Gasteiger partial charge in [-0.15, -0.1) is 0 Å². The van der Waals surface area contributed by atoms with E-state index in [0.29, 0.717) is 4.99 Å². The number of rotatable bonds is 6. The molecule has 1 aromatic rings. The molecule has 0 aliphatic heterocycles. The van der Waals surface area contributed by atoms with Crippen molar-refractivity contribution in [3.63, 3.8) is 0 Å². The van der Waals surface area contributed by atoms with Crippen molar-refractivity contribution < 1.29 is 4.79 Å². The fourth-order valence-corrected chi connectivity index (χ4v) is 2.01. The van der Waals surface area contributed by atoms with Crippen molar-refractivity contribution in [2.75, 3.05) is 0 Å². The molecule has 4 heteroatoms. The van der Waals surface area contributed by atoms with E-state index in [0.717, 1.165) is 18.4 Å². The van der Waals surface area contributed by atoms with E-state index in [4.69, 9.17) is 18.0 Å². The van der Waals surface area contributed by atoms with E-state index >= 15 is 0 Å². The van der Waals surface area contributed by atoms with Crippen LogP contribution in [-0.2, 0) is 4.79 Å². The standard InChI is InChI=1S/C14H20N2OS/c1-3-7-10(2)14(17)16-12(13(15)18)11-8-5-4-6-9-11/h4-6,8-10,12H,3,7H2,1-2H3,(H2,15,18)(H,16,17). The molecule has 0 fully saturated rings. The lowest BCUT2D eigenvalue weighted by Gasteiger charge is -2.20. The summed E-state index contributed by atoms with van der Waals surface area (Å²) in [6, 6.07) is 9.17. The third-order valence-corrected chi connectivity index (χ3v) is 3.11. The highest BCUT2D eigenvalue weighted by molar-refractivity contribution is 7.80. The Hall–Kier alpha value is -1.42. The van der Waals surface area contributed by atoms with Gasteiger partial charge in [0.1, 0.15) is 11.0 Å². The first-order chi connectivity index (χ1) is 8.56.